The second-order valence-electron chi connectivity index (χ2n) is 5.48. The number of amides is 1. The topological polar surface area (TPSA) is 60.4 Å². The maximum absolute atomic E-state index is 12.9. The van der Waals surface area contributed by atoms with Crippen molar-refractivity contribution in [1.82, 2.24) is 0 Å². The van der Waals surface area contributed by atoms with Crippen LogP contribution in [0.15, 0.2) is 53.4 Å². The van der Waals surface area contributed by atoms with E-state index in [4.69, 9.17) is 12.2 Å². The number of rotatable bonds is 3. The van der Waals surface area contributed by atoms with Gasteiger partial charge in [-0.2, -0.15) is 13.2 Å². The second-order valence-corrected chi connectivity index (χ2v) is 7.15. The largest absolute Gasteiger partial charge is 0.545 e. The molecule has 1 fully saturated rings. The fraction of sp³-hybridized carbons (Fsp3) is 0.0556. The fourth-order valence-corrected chi connectivity index (χ4v) is 3.72. The van der Waals surface area contributed by atoms with Crippen molar-refractivity contribution in [3.05, 3.63) is 70.1 Å². The average molecular weight is 408 g/mol. The van der Waals surface area contributed by atoms with E-state index in [1.165, 1.54) is 36.4 Å². The quantitative estimate of drug-likeness (QED) is 0.575. The Hall–Kier alpha value is -2.65. The molecule has 2 aromatic rings. The lowest BCUT2D eigenvalue weighted by Crippen LogP contribution is -2.27. The highest BCUT2D eigenvalue weighted by Gasteiger charge is 2.36. The summed E-state index contributed by atoms with van der Waals surface area (Å²) in [6, 6.07) is 10.1. The van der Waals surface area contributed by atoms with Crippen LogP contribution in [0, 0.1) is 0 Å². The van der Waals surface area contributed by atoms with Gasteiger partial charge in [-0.05, 0) is 41.5 Å². The van der Waals surface area contributed by atoms with Crippen molar-refractivity contribution in [1.29, 1.82) is 0 Å². The summed E-state index contributed by atoms with van der Waals surface area (Å²) in [7, 11) is 0. The summed E-state index contributed by atoms with van der Waals surface area (Å²) in [5, 5.41) is 10.9. The van der Waals surface area contributed by atoms with E-state index in [-0.39, 0.29) is 20.5 Å². The summed E-state index contributed by atoms with van der Waals surface area (Å²) < 4.78 is 38.8. The molecule has 0 N–H and O–H groups in total. The third kappa shape index (κ3) is 4.04. The first-order valence-corrected chi connectivity index (χ1v) is 8.66. The zero-order chi connectivity index (χ0) is 19.8. The number of thiocarbonyl (C=S) groups is 1. The van der Waals surface area contributed by atoms with Gasteiger partial charge in [0.25, 0.3) is 5.91 Å². The van der Waals surface area contributed by atoms with E-state index < -0.39 is 23.6 Å². The van der Waals surface area contributed by atoms with Gasteiger partial charge in [-0.1, -0.05) is 48.2 Å². The minimum absolute atomic E-state index is 0.0132. The molecule has 0 atom stereocenters. The highest BCUT2D eigenvalue weighted by Crippen LogP contribution is 2.38. The Morgan fingerprint density at radius 2 is 1.85 bits per heavy atom. The molecule has 0 aromatic heterocycles. The molecule has 1 amide bonds. The number of hydrogen-bond acceptors (Lipinski definition) is 5. The number of carboxylic acids is 1. The van der Waals surface area contributed by atoms with E-state index >= 15 is 0 Å². The van der Waals surface area contributed by atoms with Gasteiger partial charge in [-0.3, -0.25) is 9.69 Å². The van der Waals surface area contributed by atoms with Crippen molar-refractivity contribution in [2.24, 2.45) is 0 Å². The van der Waals surface area contributed by atoms with E-state index in [1.807, 2.05) is 0 Å². The van der Waals surface area contributed by atoms with Crippen LogP contribution >= 0.6 is 24.0 Å². The zero-order valence-electron chi connectivity index (χ0n) is 13.3. The molecule has 1 aliphatic rings. The number of halogens is 3. The van der Waals surface area contributed by atoms with Crippen LogP contribution in [0.1, 0.15) is 21.5 Å². The molecule has 0 unspecified atom stereocenters. The maximum Gasteiger partial charge on any atom is 0.416 e. The lowest BCUT2D eigenvalue weighted by Gasteiger charge is -2.16. The molecule has 0 bridgehead atoms. The van der Waals surface area contributed by atoms with Crippen molar-refractivity contribution in [3.8, 4) is 0 Å². The summed E-state index contributed by atoms with van der Waals surface area (Å²) in [6.07, 6.45) is -3.11. The van der Waals surface area contributed by atoms with Crippen LogP contribution < -0.4 is 10.0 Å². The highest BCUT2D eigenvalue weighted by atomic mass is 32.2. The normalized spacial score (nSPS) is 16.3. The molecule has 2 aromatic carbocycles. The van der Waals surface area contributed by atoms with Crippen LogP contribution in [0.5, 0.6) is 0 Å². The van der Waals surface area contributed by atoms with Crippen LogP contribution in [-0.4, -0.2) is 16.2 Å². The second kappa shape index (κ2) is 7.16. The number of alkyl halides is 3. The fourth-order valence-electron chi connectivity index (χ4n) is 2.42. The number of carboxylic acid groups (broad SMARTS) is 1. The van der Waals surface area contributed by atoms with E-state index in [1.54, 1.807) is 6.07 Å². The van der Waals surface area contributed by atoms with Crippen LogP contribution in [0.3, 0.4) is 0 Å². The Morgan fingerprint density at radius 1 is 1.15 bits per heavy atom. The lowest BCUT2D eigenvalue weighted by atomic mass is 10.1. The summed E-state index contributed by atoms with van der Waals surface area (Å²) in [6.45, 7) is 0. The number of thioether (sulfide) groups is 1. The van der Waals surface area contributed by atoms with Gasteiger partial charge in [0.1, 0.15) is 0 Å². The molecular weight excluding hydrogens is 399 g/mol. The standard InChI is InChI=1S/C18H10F3NO3S2/c19-18(20,21)12-5-2-6-13(9-12)22-15(23)14(27-17(22)26)8-10-3-1-4-11(7-10)16(24)25/h1-9H,(H,24,25)/p-1/b14-8-. The first-order chi connectivity index (χ1) is 12.7. The van der Waals surface area contributed by atoms with Crippen LogP contribution in [-0.2, 0) is 11.0 Å². The zero-order valence-corrected chi connectivity index (χ0v) is 15.0. The smallest absolute Gasteiger partial charge is 0.416 e. The lowest BCUT2D eigenvalue weighted by molar-refractivity contribution is -0.255. The van der Waals surface area contributed by atoms with Crippen molar-refractivity contribution in [2.45, 2.75) is 6.18 Å². The molecule has 0 spiro atoms. The first kappa shape index (κ1) is 19.1. The Morgan fingerprint density at radius 3 is 2.52 bits per heavy atom. The van der Waals surface area contributed by atoms with Crippen molar-refractivity contribution < 1.29 is 27.9 Å². The number of carbonyl (C=O) groups excluding carboxylic acids is 2. The van der Waals surface area contributed by atoms with E-state index in [2.05, 4.69) is 0 Å². The monoisotopic (exact) mass is 408 g/mol. The van der Waals surface area contributed by atoms with Crippen molar-refractivity contribution in [3.63, 3.8) is 0 Å². The first-order valence-electron chi connectivity index (χ1n) is 7.43. The van der Waals surface area contributed by atoms with E-state index in [0.29, 0.717) is 5.56 Å². The van der Waals surface area contributed by atoms with Gasteiger partial charge in [-0.25, -0.2) is 0 Å². The number of carbonyl (C=O) groups is 2. The molecule has 0 saturated carbocycles. The van der Waals surface area contributed by atoms with Crippen LogP contribution in [0.4, 0.5) is 18.9 Å². The summed E-state index contributed by atoms with van der Waals surface area (Å²) in [5.74, 6) is -1.94. The predicted octanol–water partition coefficient (Wildman–Crippen LogP) is 3.47. The van der Waals surface area contributed by atoms with Crippen molar-refractivity contribution in [2.75, 3.05) is 4.90 Å². The Bertz CT molecular complexity index is 986. The van der Waals surface area contributed by atoms with Gasteiger partial charge in [0.2, 0.25) is 0 Å². The maximum atomic E-state index is 12.9. The van der Waals surface area contributed by atoms with Gasteiger partial charge >= 0.3 is 6.18 Å². The number of aromatic carboxylic acids is 1. The molecule has 1 aliphatic heterocycles. The van der Waals surface area contributed by atoms with Crippen LogP contribution in [0.2, 0.25) is 0 Å². The summed E-state index contributed by atoms with van der Waals surface area (Å²) in [5.41, 5.74) is -0.503. The third-order valence-electron chi connectivity index (χ3n) is 3.65. The Kier molecular flexibility index (Phi) is 5.07. The number of benzene rings is 2. The Balaban J connectivity index is 1.94. The van der Waals surface area contributed by atoms with Gasteiger partial charge in [0.05, 0.1) is 22.1 Å². The molecule has 0 aliphatic carbocycles. The van der Waals surface area contributed by atoms with Gasteiger partial charge in [-0.15, -0.1) is 0 Å². The van der Waals surface area contributed by atoms with Gasteiger partial charge < -0.3 is 9.90 Å². The molecular formula is C18H9F3NO3S2-. The molecule has 138 valence electrons. The number of hydrogen-bond donors (Lipinski definition) is 0. The molecule has 27 heavy (non-hydrogen) atoms. The number of nitrogens with zero attached hydrogens (tertiary/aromatic N) is 1. The minimum atomic E-state index is -4.54. The summed E-state index contributed by atoms with van der Waals surface area (Å²) in [4.78, 5) is 24.8. The molecule has 9 heteroatoms. The average Bonchev–Trinajstić information content (AvgIpc) is 2.88. The van der Waals surface area contributed by atoms with Gasteiger partial charge in [0, 0.05) is 0 Å². The molecule has 0 radical (unpaired) electrons. The van der Waals surface area contributed by atoms with Crippen LogP contribution in [0.25, 0.3) is 6.08 Å². The van der Waals surface area contributed by atoms with Gasteiger partial charge in [0.15, 0.2) is 4.32 Å². The van der Waals surface area contributed by atoms with E-state index in [0.717, 1.165) is 28.8 Å². The SMILES string of the molecule is O=C([O-])c1cccc(/C=C2\SC(=S)N(c3cccc(C(F)(F)F)c3)C2=O)c1. The summed E-state index contributed by atoms with van der Waals surface area (Å²) >= 11 is 6.06. The molecule has 3 rings (SSSR count). The molecule has 1 saturated heterocycles. The highest BCUT2D eigenvalue weighted by molar-refractivity contribution is 8.27. The van der Waals surface area contributed by atoms with E-state index in [9.17, 15) is 27.9 Å². The third-order valence-corrected chi connectivity index (χ3v) is 4.95. The molecule has 1 heterocycles. The molecule has 4 nitrogen and oxygen atoms in total. The minimum Gasteiger partial charge on any atom is -0.545 e. The number of anilines is 1. The Labute approximate surface area is 161 Å². The predicted molar refractivity (Wildman–Crippen MR) is 97.9 cm³/mol. The van der Waals surface area contributed by atoms with Crippen molar-refractivity contribution >= 4 is 51.9 Å².